The summed E-state index contributed by atoms with van der Waals surface area (Å²) in [7, 11) is -9.63. The highest BCUT2D eigenvalue weighted by Crippen LogP contribution is 2.48. The number of carbonyl (C=O) groups excluding carboxylic acids is 3. The van der Waals surface area contributed by atoms with E-state index in [1.807, 2.05) is 0 Å². The number of sulfonamides is 1. The van der Waals surface area contributed by atoms with Crippen molar-refractivity contribution in [3.8, 4) is 0 Å². The number of nitrogens with one attached hydrogen (secondary N) is 2. The second-order valence-corrected chi connectivity index (χ2v) is 18.7. The third kappa shape index (κ3) is 8.57. The van der Waals surface area contributed by atoms with Gasteiger partial charge in [-0.05, 0) is 87.1 Å². The summed E-state index contributed by atoms with van der Waals surface area (Å²) >= 11 is 0. The number of anilines is 1. The van der Waals surface area contributed by atoms with Gasteiger partial charge in [-0.3, -0.25) is 34.5 Å². The summed E-state index contributed by atoms with van der Waals surface area (Å²) in [5.41, 5.74) is -3.24. The average molecular weight is 925 g/mol. The Hall–Kier alpha value is -6.94. The Morgan fingerprint density at radius 3 is 2.00 bits per heavy atom. The Bertz CT molecular complexity index is 3020. The van der Waals surface area contributed by atoms with Gasteiger partial charge in [0.15, 0.2) is 9.79 Å². The highest BCUT2D eigenvalue weighted by molar-refractivity contribution is 7.93. The maximum atomic E-state index is 14.6. The Morgan fingerprint density at radius 1 is 0.875 bits per heavy atom. The third-order valence-electron chi connectivity index (χ3n) is 10.5. The minimum absolute atomic E-state index is 0.01000. The molecule has 2 amide bonds. The predicted octanol–water partition coefficient (Wildman–Crippen LogP) is 6.85. The van der Waals surface area contributed by atoms with Crippen LogP contribution in [0.4, 0.5) is 30.2 Å². The van der Waals surface area contributed by atoms with Gasteiger partial charge in [0.2, 0.25) is 5.91 Å². The standard InChI is InChI=1S/C39H33F3N6O10S2.C3H6O/c1-23(2)19-31-26-20-25(38(16-17-43-36(38)49)27-9-3-4-10-28(27)44-59(55,56)33-13-7-5-11-29(33)47(51)52)21-32-35(26)24(15-18-45(31)37(50)39(40,41)42)22-46(32)60(57,58)34-14-8-6-12-30(34)48(53)54;1-3(2)4/h3-14,19-22,31,44H,15-18H2,1-2H3,(H,43,49);1-2H3/t31-,38+;/m0./s1. The van der Waals surface area contributed by atoms with Gasteiger partial charge in [-0.2, -0.15) is 13.2 Å². The van der Waals surface area contributed by atoms with Crippen molar-refractivity contribution in [2.75, 3.05) is 17.8 Å². The van der Waals surface area contributed by atoms with E-state index in [0.717, 1.165) is 34.4 Å². The van der Waals surface area contributed by atoms with Gasteiger partial charge in [0.05, 0.1) is 27.1 Å². The van der Waals surface area contributed by atoms with Crippen LogP contribution in [0.25, 0.3) is 10.9 Å². The number of para-hydroxylation sites is 3. The quantitative estimate of drug-likeness (QED) is 0.0834. The predicted molar refractivity (Wildman–Crippen MR) is 226 cm³/mol. The average Bonchev–Trinajstić information content (AvgIpc) is 3.76. The zero-order valence-electron chi connectivity index (χ0n) is 34.4. The lowest BCUT2D eigenvalue weighted by Crippen LogP contribution is -2.43. The molecule has 5 aromatic rings. The molecular weight excluding hydrogens is 886 g/mol. The van der Waals surface area contributed by atoms with Gasteiger partial charge >= 0.3 is 12.1 Å². The molecule has 17 nitrogen and oxygen atoms in total. The largest absolute Gasteiger partial charge is 0.471 e. The fourth-order valence-corrected chi connectivity index (χ4v) is 10.8. The third-order valence-corrected chi connectivity index (χ3v) is 13.6. The van der Waals surface area contributed by atoms with Crippen LogP contribution in [0.5, 0.6) is 0 Å². The van der Waals surface area contributed by atoms with E-state index in [-0.39, 0.29) is 64.0 Å². The molecule has 3 heterocycles. The smallest absolute Gasteiger partial charge is 0.355 e. The molecule has 2 N–H and O–H groups in total. The van der Waals surface area contributed by atoms with Crippen LogP contribution in [0.3, 0.4) is 0 Å². The maximum Gasteiger partial charge on any atom is 0.471 e. The monoisotopic (exact) mass is 924 g/mol. The zero-order valence-corrected chi connectivity index (χ0v) is 36.0. The normalized spacial score (nSPS) is 17.4. The molecular formula is C42H39F3N6O11S2. The zero-order chi connectivity index (χ0) is 47.1. The Kier molecular flexibility index (Phi) is 12.6. The molecule has 1 saturated heterocycles. The number of carbonyl (C=O) groups is 3. The molecule has 0 radical (unpaired) electrons. The molecule has 7 rings (SSSR count). The van der Waals surface area contributed by atoms with Crippen molar-refractivity contribution in [3.63, 3.8) is 0 Å². The van der Waals surface area contributed by atoms with E-state index in [0.29, 0.717) is 10.5 Å². The minimum Gasteiger partial charge on any atom is -0.355 e. The lowest BCUT2D eigenvalue weighted by molar-refractivity contribution is -0.388. The summed E-state index contributed by atoms with van der Waals surface area (Å²) in [4.78, 5) is 58.3. The van der Waals surface area contributed by atoms with Crippen LogP contribution in [0.15, 0.2) is 113 Å². The fraction of sp³-hybridized carbons (Fsp3) is 0.262. The highest BCUT2D eigenvalue weighted by Gasteiger charge is 2.50. The van der Waals surface area contributed by atoms with E-state index in [1.54, 1.807) is 13.8 Å². The van der Waals surface area contributed by atoms with Crippen molar-refractivity contribution < 1.29 is 54.2 Å². The van der Waals surface area contributed by atoms with Crippen molar-refractivity contribution in [2.45, 2.75) is 68.0 Å². The van der Waals surface area contributed by atoms with E-state index in [4.69, 9.17) is 0 Å². The first-order valence-electron chi connectivity index (χ1n) is 19.2. The highest BCUT2D eigenvalue weighted by atomic mass is 32.2. The molecule has 2 aliphatic heterocycles. The first-order chi connectivity index (χ1) is 29.9. The maximum absolute atomic E-state index is 14.6. The number of rotatable bonds is 10. The Morgan fingerprint density at radius 2 is 1.44 bits per heavy atom. The lowest BCUT2D eigenvalue weighted by atomic mass is 9.71. The molecule has 4 aromatic carbocycles. The number of nitro groups is 2. The van der Waals surface area contributed by atoms with E-state index < -0.39 is 87.1 Å². The summed E-state index contributed by atoms with van der Waals surface area (Å²) in [6, 6.07) is 16.0. The second-order valence-electron chi connectivity index (χ2n) is 15.3. The van der Waals surface area contributed by atoms with Gasteiger partial charge < -0.3 is 15.0 Å². The SMILES string of the molecule is CC(C)=C[C@H]1c2cc([C@@]3(c4ccccc4NS(=O)(=O)c4ccccc4[N+](=O)[O-])CCNC3=O)cc3c2c(cn3S(=O)(=O)c2ccccc2[N+](=O)[O-])CCN1C(=O)C(F)(F)F.CC(C)=O. The Labute approximate surface area is 364 Å². The number of nitrogens with zero attached hydrogens (tertiary/aromatic N) is 4. The minimum atomic E-state index is -5.33. The second kappa shape index (κ2) is 17.3. The van der Waals surface area contributed by atoms with E-state index in [1.165, 1.54) is 80.6 Å². The van der Waals surface area contributed by atoms with Crippen LogP contribution in [0.1, 0.15) is 62.4 Å². The van der Waals surface area contributed by atoms with Crippen molar-refractivity contribution >= 4 is 65.6 Å². The van der Waals surface area contributed by atoms with Gasteiger partial charge in [-0.25, -0.2) is 20.8 Å². The van der Waals surface area contributed by atoms with Gasteiger partial charge in [0, 0.05) is 36.8 Å². The summed E-state index contributed by atoms with van der Waals surface area (Å²) in [5.74, 6) is -2.74. The first-order valence-corrected chi connectivity index (χ1v) is 22.2. The lowest BCUT2D eigenvalue weighted by Gasteiger charge is -2.33. The molecule has 336 valence electrons. The first kappa shape index (κ1) is 46.6. The van der Waals surface area contributed by atoms with Crippen molar-refractivity contribution in [2.24, 2.45) is 0 Å². The number of nitro benzene ring substituents is 2. The van der Waals surface area contributed by atoms with Crippen LogP contribution in [0, 0.1) is 20.2 Å². The molecule has 0 aliphatic carbocycles. The van der Waals surface area contributed by atoms with Crippen LogP contribution < -0.4 is 10.0 Å². The number of alkyl halides is 3. The van der Waals surface area contributed by atoms with Crippen LogP contribution in [-0.4, -0.2) is 72.4 Å². The van der Waals surface area contributed by atoms with Crippen LogP contribution in [0.2, 0.25) is 0 Å². The molecule has 2 aliphatic rings. The number of halogens is 3. The van der Waals surface area contributed by atoms with Crippen molar-refractivity contribution in [1.82, 2.24) is 14.2 Å². The van der Waals surface area contributed by atoms with Gasteiger partial charge in [0.25, 0.3) is 31.4 Å². The molecule has 1 aromatic heterocycles. The molecule has 64 heavy (non-hydrogen) atoms. The summed E-state index contributed by atoms with van der Waals surface area (Å²) < 4.78 is 103. The number of aromatic nitrogens is 1. The van der Waals surface area contributed by atoms with Crippen LogP contribution >= 0.6 is 0 Å². The molecule has 0 bridgehead atoms. The van der Waals surface area contributed by atoms with Gasteiger partial charge in [-0.15, -0.1) is 0 Å². The summed E-state index contributed by atoms with van der Waals surface area (Å²) in [6.07, 6.45) is -3.21. The van der Waals surface area contributed by atoms with E-state index in [9.17, 15) is 64.6 Å². The van der Waals surface area contributed by atoms with Gasteiger partial charge in [0.1, 0.15) is 11.2 Å². The number of amides is 2. The number of hydrogen-bond acceptors (Lipinski definition) is 11. The number of benzene rings is 4. The number of allylic oxidation sites excluding steroid dienone is 1. The molecule has 22 heteroatoms. The number of hydrogen-bond donors (Lipinski definition) is 2. The van der Waals surface area contributed by atoms with E-state index >= 15 is 0 Å². The number of ketones is 1. The molecule has 0 spiro atoms. The van der Waals surface area contributed by atoms with Gasteiger partial charge in [-0.1, -0.05) is 60.2 Å². The topological polar surface area (TPSA) is 238 Å². The van der Waals surface area contributed by atoms with E-state index in [2.05, 4.69) is 10.0 Å². The van der Waals surface area contributed by atoms with Crippen LogP contribution in [-0.2, 0) is 46.3 Å². The Balaban J connectivity index is 0.00000163. The summed E-state index contributed by atoms with van der Waals surface area (Å²) in [6.45, 7) is 5.66. The molecule has 1 fully saturated rings. The summed E-state index contributed by atoms with van der Waals surface area (Å²) in [5, 5.41) is 26.7. The molecule has 2 atom stereocenters. The molecule has 0 saturated carbocycles. The molecule has 0 unspecified atom stereocenters. The van der Waals surface area contributed by atoms with Crippen molar-refractivity contribution in [1.29, 1.82) is 0 Å². The number of Topliss-reactive ketones (excluding diaryl/α,β-unsaturated/α-hetero) is 1. The fourth-order valence-electron chi connectivity index (χ4n) is 7.98. The van der Waals surface area contributed by atoms with Crippen molar-refractivity contribution in [3.05, 3.63) is 145 Å².